The summed E-state index contributed by atoms with van der Waals surface area (Å²) in [5, 5.41) is 3.39. The van der Waals surface area contributed by atoms with Crippen LogP contribution < -0.4 is 10.1 Å². The Kier molecular flexibility index (Phi) is 8.19. The Hall–Kier alpha value is -1.89. The van der Waals surface area contributed by atoms with E-state index < -0.39 is 23.5 Å². The van der Waals surface area contributed by atoms with Gasteiger partial charge in [0.25, 0.3) is 0 Å². The van der Waals surface area contributed by atoms with Crippen LogP contribution in [0.1, 0.15) is 79.4 Å². The van der Waals surface area contributed by atoms with E-state index in [4.69, 9.17) is 14.2 Å². The summed E-state index contributed by atoms with van der Waals surface area (Å²) in [5.74, 6) is 0.447. The number of benzene rings is 1. The largest absolute Gasteiger partial charge is 0.514 e. The van der Waals surface area contributed by atoms with Crippen molar-refractivity contribution in [1.82, 2.24) is 5.32 Å². The predicted octanol–water partition coefficient (Wildman–Crippen LogP) is 6.24. The molecule has 1 aromatic rings. The molecular weight excluding hydrogens is 426 g/mol. The number of carbonyl (C=O) groups excluding carboxylic acids is 2. The van der Waals surface area contributed by atoms with Crippen molar-refractivity contribution >= 4 is 24.0 Å². The molecule has 0 heterocycles. The maximum Gasteiger partial charge on any atom is 0.514 e. The molecule has 0 bridgehead atoms. The third kappa shape index (κ3) is 6.33. The van der Waals surface area contributed by atoms with E-state index >= 15 is 0 Å². The maximum absolute atomic E-state index is 12.7. The van der Waals surface area contributed by atoms with Gasteiger partial charge in [-0.2, -0.15) is 11.8 Å². The summed E-state index contributed by atoms with van der Waals surface area (Å²) in [4.78, 5) is 25.0. The highest BCUT2D eigenvalue weighted by Gasteiger charge is 2.47. The molecule has 0 unspecified atom stereocenters. The Labute approximate surface area is 197 Å². The van der Waals surface area contributed by atoms with E-state index in [0.29, 0.717) is 5.75 Å². The second-order valence-corrected chi connectivity index (χ2v) is 11.4. The highest BCUT2D eigenvalue weighted by Crippen LogP contribution is 2.46. The predicted molar refractivity (Wildman–Crippen MR) is 130 cm³/mol. The van der Waals surface area contributed by atoms with Crippen LogP contribution in [-0.4, -0.2) is 41.0 Å². The Balaban J connectivity index is 2.43. The molecule has 0 saturated heterocycles. The first-order valence-corrected chi connectivity index (χ1v) is 12.6. The standard InChI is InChI=1S/C25H39NO5S/c1-10-25(11-2)18-15-17(29-22(28)31-24(6,7)8)13-12-16(18)14-19(32-9)20(25)26-21(27)30-23(3,4)5/h12-13,15,19-20H,10-11,14H2,1-9H3,(H,26,27)/t19-,20+/m1/s1. The number of nitrogens with one attached hydrogen (secondary N) is 1. The van der Waals surface area contributed by atoms with Crippen molar-refractivity contribution in [3.63, 3.8) is 0 Å². The Morgan fingerprint density at radius 3 is 2.16 bits per heavy atom. The van der Waals surface area contributed by atoms with Crippen LogP contribution in [-0.2, 0) is 21.3 Å². The average molecular weight is 466 g/mol. The smallest absolute Gasteiger partial charge is 0.444 e. The van der Waals surface area contributed by atoms with Gasteiger partial charge in [-0.15, -0.1) is 0 Å². The zero-order valence-electron chi connectivity index (χ0n) is 21.0. The van der Waals surface area contributed by atoms with Gasteiger partial charge in [-0.25, -0.2) is 9.59 Å². The third-order valence-electron chi connectivity index (χ3n) is 5.83. The fraction of sp³-hybridized carbons (Fsp3) is 0.680. The molecule has 2 atom stereocenters. The summed E-state index contributed by atoms with van der Waals surface area (Å²) < 4.78 is 16.4. The van der Waals surface area contributed by atoms with Crippen LogP contribution in [0.25, 0.3) is 0 Å². The number of hydrogen-bond acceptors (Lipinski definition) is 6. The van der Waals surface area contributed by atoms with Crippen molar-refractivity contribution in [3.8, 4) is 5.75 Å². The molecule has 7 heteroatoms. The summed E-state index contributed by atoms with van der Waals surface area (Å²) >= 11 is 1.76. The molecule has 1 amide bonds. The van der Waals surface area contributed by atoms with Crippen LogP contribution in [0.4, 0.5) is 9.59 Å². The van der Waals surface area contributed by atoms with Gasteiger partial charge in [0.1, 0.15) is 17.0 Å². The summed E-state index contributed by atoms with van der Waals surface area (Å²) in [6.07, 6.45) is 3.41. The molecule has 0 aliphatic heterocycles. The van der Waals surface area contributed by atoms with Crippen molar-refractivity contribution in [1.29, 1.82) is 0 Å². The first-order chi connectivity index (χ1) is 14.7. The van der Waals surface area contributed by atoms with E-state index in [1.54, 1.807) is 32.5 Å². The van der Waals surface area contributed by atoms with E-state index in [9.17, 15) is 9.59 Å². The van der Waals surface area contributed by atoms with Crippen LogP contribution >= 0.6 is 11.8 Å². The Morgan fingerprint density at radius 1 is 1.06 bits per heavy atom. The van der Waals surface area contributed by atoms with Gasteiger partial charge in [-0.1, -0.05) is 19.9 Å². The van der Waals surface area contributed by atoms with E-state index in [1.165, 1.54) is 5.56 Å². The molecule has 0 saturated carbocycles. The molecular formula is C25H39NO5S. The Bertz CT molecular complexity index is 821. The summed E-state index contributed by atoms with van der Waals surface area (Å²) in [6, 6.07) is 5.67. The second kappa shape index (κ2) is 9.94. The lowest BCUT2D eigenvalue weighted by Crippen LogP contribution is -2.59. The number of fused-ring (bicyclic) bond motifs is 1. The number of alkyl carbamates (subject to hydrolysis) is 1. The molecule has 1 aromatic carbocycles. The maximum atomic E-state index is 12.7. The molecule has 2 rings (SSSR count). The van der Waals surface area contributed by atoms with Crippen molar-refractivity contribution in [3.05, 3.63) is 29.3 Å². The SMILES string of the molecule is CCC1(CC)c2cc(OC(=O)OC(C)(C)C)ccc2C[C@@H](SC)[C@@H]1NC(=O)OC(C)(C)C. The molecule has 0 aromatic heterocycles. The van der Waals surface area contributed by atoms with Gasteiger partial charge >= 0.3 is 12.2 Å². The topological polar surface area (TPSA) is 73.9 Å². The number of hydrogen-bond donors (Lipinski definition) is 1. The zero-order chi connectivity index (χ0) is 24.3. The van der Waals surface area contributed by atoms with Crippen LogP contribution in [0.5, 0.6) is 5.75 Å². The first-order valence-electron chi connectivity index (χ1n) is 11.3. The minimum absolute atomic E-state index is 0.119. The van der Waals surface area contributed by atoms with Gasteiger partial charge in [0.05, 0.1) is 6.04 Å². The highest BCUT2D eigenvalue weighted by atomic mass is 32.2. The summed E-state index contributed by atoms with van der Waals surface area (Å²) in [5.41, 5.74) is 0.810. The van der Waals surface area contributed by atoms with Crippen LogP contribution in [0.15, 0.2) is 18.2 Å². The van der Waals surface area contributed by atoms with Gasteiger partial charge in [-0.3, -0.25) is 0 Å². The van der Waals surface area contributed by atoms with Crippen molar-refractivity contribution in [2.24, 2.45) is 0 Å². The third-order valence-corrected chi connectivity index (χ3v) is 6.88. The van der Waals surface area contributed by atoms with Crippen LogP contribution in [0, 0.1) is 0 Å². The quantitative estimate of drug-likeness (QED) is 0.410. The Morgan fingerprint density at radius 2 is 1.66 bits per heavy atom. The van der Waals surface area contributed by atoms with Gasteiger partial charge < -0.3 is 19.5 Å². The number of ether oxygens (including phenoxy) is 3. The monoisotopic (exact) mass is 465 g/mol. The average Bonchev–Trinajstić information content (AvgIpc) is 2.65. The lowest BCUT2D eigenvalue weighted by Gasteiger charge is -2.48. The van der Waals surface area contributed by atoms with Gasteiger partial charge in [0, 0.05) is 10.7 Å². The van der Waals surface area contributed by atoms with E-state index in [0.717, 1.165) is 24.8 Å². The molecule has 0 radical (unpaired) electrons. The first kappa shape index (κ1) is 26.4. The van der Waals surface area contributed by atoms with E-state index in [1.807, 2.05) is 39.0 Å². The number of rotatable bonds is 5. The van der Waals surface area contributed by atoms with E-state index in [2.05, 4.69) is 25.4 Å². The minimum Gasteiger partial charge on any atom is -0.444 e. The van der Waals surface area contributed by atoms with Crippen LogP contribution in [0.3, 0.4) is 0 Å². The number of carbonyl (C=O) groups is 2. The molecule has 32 heavy (non-hydrogen) atoms. The van der Waals surface area contributed by atoms with Crippen molar-refractivity contribution in [2.45, 2.75) is 103 Å². The van der Waals surface area contributed by atoms with Gasteiger partial charge in [0.2, 0.25) is 0 Å². The van der Waals surface area contributed by atoms with Gasteiger partial charge in [-0.05, 0) is 90.3 Å². The lowest BCUT2D eigenvalue weighted by atomic mass is 9.63. The summed E-state index contributed by atoms with van der Waals surface area (Å²) in [6.45, 7) is 15.3. The molecule has 1 aliphatic carbocycles. The zero-order valence-corrected chi connectivity index (χ0v) is 21.8. The molecule has 180 valence electrons. The second-order valence-electron chi connectivity index (χ2n) is 10.4. The molecule has 6 nitrogen and oxygen atoms in total. The van der Waals surface area contributed by atoms with Crippen molar-refractivity contribution < 1.29 is 23.8 Å². The van der Waals surface area contributed by atoms with Crippen LogP contribution in [0.2, 0.25) is 0 Å². The number of amides is 1. The lowest BCUT2D eigenvalue weighted by molar-refractivity contribution is 0.0205. The normalized spacial score (nSPS) is 20.2. The fourth-order valence-corrected chi connectivity index (χ4v) is 5.39. The van der Waals surface area contributed by atoms with Gasteiger partial charge in [0.15, 0.2) is 0 Å². The minimum atomic E-state index is -0.725. The molecule has 0 fully saturated rings. The fourth-order valence-electron chi connectivity index (χ4n) is 4.44. The van der Waals surface area contributed by atoms with Crippen molar-refractivity contribution in [2.75, 3.05) is 6.26 Å². The van der Waals surface area contributed by atoms with E-state index in [-0.39, 0.29) is 16.7 Å². The highest BCUT2D eigenvalue weighted by molar-refractivity contribution is 7.99. The molecule has 1 N–H and O–H groups in total. The number of thioether (sulfide) groups is 1. The summed E-state index contributed by atoms with van der Waals surface area (Å²) in [7, 11) is 0. The molecule has 1 aliphatic rings. The molecule has 0 spiro atoms.